The van der Waals surface area contributed by atoms with Crippen molar-refractivity contribution < 1.29 is 43.2 Å². The minimum absolute atomic E-state index is 0.00613. The summed E-state index contributed by atoms with van der Waals surface area (Å²) in [4.78, 5) is 53.6. The summed E-state index contributed by atoms with van der Waals surface area (Å²) >= 11 is 0. The van der Waals surface area contributed by atoms with Gasteiger partial charge in [-0.05, 0) is 149 Å². The topological polar surface area (TPSA) is 165 Å². The average molecular weight is 861 g/mol. The number of carbonyl (C=O) groups is 3. The molecule has 342 valence electrons. The third-order valence-electron chi connectivity index (χ3n) is 18.0. The number of hydrogen-bond acceptors (Lipinski definition) is 10. The van der Waals surface area contributed by atoms with E-state index >= 15 is 0 Å². The molecule has 1 heterocycles. The van der Waals surface area contributed by atoms with Crippen molar-refractivity contribution in [2.24, 2.45) is 56.7 Å². The highest BCUT2D eigenvalue weighted by molar-refractivity contribution is 5.97. The van der Waals surface area contributed by atoms with Crippen molar-refractivity contribution >= 4 is 34.5 Å². The van der Waals surface area contributed by atoms with Gasteiger partial charge in [-0.3, -0.25) is 9.59 Å². The SMILES string of the molecule is C=C(C)[C@@H]1CC[C@]2(C(=O)O)CC[C@]3(C)[C@H](CC[C@@H]4[C@@]5(C)CC[C@H](O)[C@@](C)(COC(=O)COCCOCCNC(=O)c6cc7ccc(N(CC)CC)cc7oc6=O)[C@@H]5CC[C@]43C)[C@@H]12. The van der Waals surface area contributed by atoms with E-state index < -0.39 is 40.4 Å². The lowest BCUT2D eigenvalue weighted by molar-refractivity contribution is -0.255. The Bertz CT molecular complexity index is 2080. The maximum atomic E-state index is 13.0. The molecule has 12 nitrogen and oxygen atoms in total. The van der Waals surface area contributed by atoms with E-state index in [0.29, 0.717) is 29.2 Å². The Labute approximate surface area is 367 Å². The zero-order valence-corrected chi connectivity index (χ0v) is 38.3. The standard InChI is InChI=1S/C50H72N2O10/c1-9-52(10-2)33-12-11-32-27-35(44(56)62-37(32)28-33)43(55)51-23-24-59-25-26-60-29-41(54)61-30-47(6)38-16-19-49(8)39(46(38,5)18-17-40(47)53)14-13-36-42-34(31(3)4)15-20-50(42,45(57)58)22-21-48(36,49)7/h11-12,27-28,34,36,38-40,42,53H,3,9-10,13-26,29-30H2,1-2,4-8H3,(H,51,55)(H,57,58)/t34-,36+,38+,39+,40-,42+,46-,47-,48+,49+,50-/m0/s1. The molecule has 11 atom stereocenters. The molecule has 5 fully saturated rings. The molecule has 0 saturated heterocycles. The smallest absolute Gasteiger partial charge is 0.349 e. The molecule has 12 heteroatoms. The molecule has 1 aromatic carbocycles. The van der Waals surface area contributed by atoms with Crippen LogP contribution in [0.3, 0.4) is 0 Å². The first kappa shape index (κ1) is 46.3. The fourth-order valence-corrected chi connectivity index (χ4v) is 14.5. The molecule has 0 aliphatic heterocycles. The summed E-state index contributed by atoms with van der Waals surface area (Å²) in [6.45, 7) is 22.3. The highest BCUT2D eigenvalue weighted by Gasteiger charge is 2.72. The number of nitrogens with zero attached hydrogens (tertiary/aromatic N) is 1. The van der Waals surface area contributed by atoms with Crippen molar-refractivity contribution in [2.75, 3.05) is 57.6 Å². The van der Waals surface area contributed by atoms with Gasteiger partial charge in [-0.15, -0.1) is 0 Å². The van der Waals surface area contributed by atoms with E-state index in [1.54, 1.807) is 6.07 Å². The van der Waals surface area contributed by atoms with Crippen molar-refractivity contribution in [3.63, 3.8) is 0 Å². The Morgan fingerprint density at radius 2 is 1.63 bits per heavy atom. The molecule has 5 aliphatic rings. The van der Waals surface area contributed by atoms with Gasteiger partial charge < -0.3 is 39.1 Å². The van der Waals surface area contributed by atoms with Crippen molar-refractivity contribution in [1.82, 2.24) is 5.32 Å². The predicted octanol–water partition coefficient (Wildman–Crippen LogP) is 8.03. The minimum atomic E-state index is -0.704. The maximum Gasteiger partial charge on any atom is 0.349 e. The average Bonchev–Trinajstić information content (AvgIpc) is 3.65. The number of ether oxygens (including phenoxy) is 3. The van der Waals surface area contributed by atoms with Crippen LogP contribution in [0.5, 0.6) is 0 Å². The third-order valence-corrected chi connectivity index (χ3v) is 18.0. The Balaban J connectivity index is 0.878. The van der Waals surface area contributed by atoms with Gasteiger partial charge in [0.15, 0.2) is 0 Å². The summed E-state index contributed by atoms with van der Waals surface area (Å²) < 4.78 is 22.6. The Morgan fingerprint density at radius 1 is 0.887 bits per heavy atom. The van der Waals surface area contributed by atoms with Gasteiger partial charge >= 0.3 is 17.6 Å². The third kappa shape index (κ3) is 7.71. The predicted molar refractivity (Wildman–Crippen MR) is 238 cm³/mol. The number of aliphatic hydroxyl groups is 1. The molecular formula is C50H72N2O10. The minimum Gasteiger partial charge on any atom is -0.481 e. The normalized spacial score (nSPS) is 36.1. The van der Waals surface area contributed by atoms with Gasteiger partial charge in [-0.25, -0.2) is 9.59 Å². The van der Waals surface area contributed by atoms with Gasteiger partial charge in [0.1, 0.15) is 17.8 Å². The van der Waals surface area contributed by atoms with Crippen LogP contribution in [0.15, 0.2) is 45.6 Å². The molecule has 62 heavy (non-hydrogen) atoms. The van der Waals surface area contributed by atoms with Gasteiger partial charge in [-0.1, -0.05) is 39.8 Å². The van der Waals surface area contributed by atoms with Crippen molar-refractivity contribution in [2.45, 2.75) is 119 Å². The van der Waals surface area contributed by atoms with Crippen LogP contribution in [0.2, 0.25) is 0 Å². The molecule has 5 saturated carbocycles. The van der Waals surface area contributed by atoms with Gasteiger partial charge in [-0.2, -0.15) is 0 Å². The van der Waals surface area contributed by atoms with Gasteiger partial charge in [0, 0.05) is 42.2 Å². The van der Waals surface area contributed by atoms with Gasteiger partial charge in [0.2, 0.25) is 0 Å². The highest BCUT2D eigenvalue weighted by Crippen LogP contribution is 2.77. The monoisotopic (exact) mass is 861 g/mol. The number of hydrogen-bond donors (Lipinski definition) is 3. The van der Waals surface area contributed by atoms with Crippen molar-refractivity contribution in [1.29, 1.82) is 0 Å². The molecule has 0 unspecified atom stereocenters. The molecule has 7 rings (SSSR count). The van der Waals surface area contributed by atoms with E-state index in [-0.39, 0.29) is 79.1 Å². The molecule has 0 spiro atoms. The fraction of sp³-hybridized carbons (Fsp3) is 0.720. The first-order valence-electron chi connectivity index (χ1n) is 23.4. The largest absolute Gasteiger partial charge is 0.481 e. The van der Waals surface area contributed by atoms with E-state index in [1.165, 1.54) is 0 Å². The summed E-state index contributed by atoms with van der Waals surface area (Å²) in [5.41, 5.74) is 0.439. The van der Waals surface area contributed by atoms with Crippen molar-refractivity contribution in [3.05, 3.63) is 52.4 Å². The summed E-state index contributed by atoms with van der Waals surface area (Å²) in [5, 5.41) is 25.7. The second-order valence-corrected chi connectivity index (χ2v) is 20.6. The Kier molecular flexibility index (Phi) is 13.2. The number of carboxylic acid groups (broad SMARTS) is 1. The zero-order chi connectivity index (χ0) is 44.8. The van der Waals surface area contributed by atoms with E-state index in [4.69, 9.17) is 18.6 Å². The lowest BCUT2D eigenvalue weighted by Gasteiger charge is -2.72. The first-order valence-corrected chi connectivity index (χ1v) is 23.4. The number of carboxylic acids is 1. The Hall–Kier alpha value is -3.74. The number of rotatable bonds is 16. The van der Waals surface area contributed by atoms with E-state index in [2.05, 4.69) is 65.3 Å². The Morgan fingerprint density at radius 3 is 2.34 bits per heavy atom. The maximum absolute atomic E-state index is 13.0. The summed E-state index contributed by atoms with van der Waals surface area (Å²) in [5.74, 6) is -0.348. The fourth-order valence-electron chi connectivity index (χ4n) is 14.5. The van der Waals surface area contributed by atoms with Crippen LogP contribution >= 0.6 is 0 Å². The van der Waals surface area contributed by atoms with Crippen molar-refractivity contribution in [3.8, 4) is 0 Å². The van der Waals surface area contributed by atoms with Crippen LogP contribution in [0, 0.1) is 56.7 Å². The second-order valence-electron chi connectivity index (χ2n) is 20.6. The number of amides is 1. The molecule has 3 N–H and O–H groups in total. The highest BCUT2D eigenvalue weighted by atomic mass is 16.6. The van der Waals surface area contributed by atoms with Crippen LogP contribution in [0.4, 0.5) is 5.69 Å². The number of anilines is 1. The quantitative estimate of drug-likeness (QED) is 0.0648. The number of allylic oxidation sites excluding steroid dienone is 1. The lowest BCUT2D eigenvalue weighted by atomic mass is 9.32. The second kappa shape index (κ2) is 17.7. The summed E-state index contributed by atoms with van der Waals surface area (Å²) in [6.07, 6.45) is 8.32. The zero-order valence-electron chi connectivity index (χ0n) is 38.3. The van der Waals surface area contributed by atoms with E-state index in [9.17, 15) is 29.4 Å². The van der Waals surface area contributed by atoms with E-state index in [1.807, 2.05) is 18.2 Å². The number of aliphatic carboxylic acids is 1. The van der Waals surface area contributed by atoms with Crippen LogP contribution in [0.1, 0.15) is 123 Å². The number of aliphatic hydroxyl groups excluding tert-OH is 1. The van der Waals surface area contributed by atoms with E-state index in [0.717, 1.165) is 82.1 Å². The van der Waals surface area contributed by atoms with Gasteiger partial charge in [0.05, 0.1) is 37.9 Å². The summed E-state index contributed by atoms with van der Waals surface area (Å²) in [7, 11) is 0. The number of carbonyl (C=O) groups excluding carboxylic acids is 2. The number of nitrogens with one attached hydrogen (secondary N) is 1. The number of esters is 1. The van der Waals surface area contributed by atoms with Crippen LogP contribution in [-0.2, 0) is 23.8 Å². The molecule has 2 aromatic rings. The molecule has 0 radical (unpaired) electrons. The van der Waals surface area contributed by atoms with Gasteiger partial charge in [0.25, 0.3) is 5.91 Å². The molecule has 5 aliphatic carbocycles. The molecule has 1 aromatic heterocycles. The number of fused-ring (bicyclic) bond motifs is 8. The molecular weight excluding hydrogens is 789 g/mol. The lowest BCUT2D eigenvalue weighted by Crippen LogP contribution is -2.67. The molecule has 1 amide bonds. The number of benzene rings is 1. The first-order chi connectivity index (χ1) is 29.4. The van der Waals surface area contributed by atoms with Crippen LogP contribution < -0.4 is 15.8 Å². The molecule has 0 bridgehead atoms. The summed E-state index contributed by atoms with van der Waals surface area (Å²) in [6, 6.07) is 7.14. The van der Waals surface area contributed by atoms with Crippen LogP contribution in [0.25, 0.3) is 11.0 Å². The van der Waals surface area contributed by atoms with Crippen LogP contribution in [-0.4, -0.2) is 86.8 Å².